The van der Waals surface area contributed by atoms with Crippen LogP contribution in [0.1, 0.15) is 50.4 Å². The van der Waals surface area contributed by atoms with E-state index >= 15 is 4.39 Å². The standard InChI is InChI=1S/C27H29F2N7O/c1-4-35-24(37)18-13-31-25(32-17-5-6-19-16(11-17)12-30-15-26(19,2)3)34-22(18)36(35)23-20(29)7-8-21(33-23)27(14-28)9-10-27/h5-8,11,13,30H,4,9-10,12,14-15H2,1-3H3,(H,31,32,34). The summed E-state index contributed by atoms with van der Waals surface area (Å²) in [6.45, 7) is 7.61. The van der Waals surface area contributed by atoms with Gasteiger partial charge in [0.25, 0.3) is 5.56 Å². The zero-order valence-electron chi connectivity index (χ0n) is 21.1. The highest BCUT2D eigenvalue weighted by Crippen LogP contribution is 2.48. The Morgan fingerprint density at radius 1 is 1.16 bits per heavy atom. The third-order valence-corrected chi connectivity index (χ3v) is 7.63. The number of fused-ring (bicyclic) bond motifs is 2. The van der Waals surface area contributed by atoms with Gasteiger partial charge in [0.15, 0.2) is 17.3 Å². The molecular formula is C27H29F2N7O. The van der Waals surface area contributed by atoms with Crippen LogP contribution in [0.5, 0.6) is 0 Å². The number of hydrogen-bond acceptors (Lipinski definition) is 6. The van der Waals surface area contributed by atoms with Gasteiger partial charge in [-0.1, -0.05) is 19.9 Å². The molecule has 0 atom stereocenters. The summed E-state index contributed by atoms with van der Waals surface area (Å²) in [7, 11) is 0. The van der Waals surface area contributed by atoms with Crippen molar-refractivity contribution in [2.24, 2.45) is 0 Å². The van der Waals surface area contributed by atoms with Gasteiger partial charge in [0, 0.05) is 42.3 Å². The Balaban J connectivity index is 1.44. The molecule has 2 aliphatic rings. The largest absolute Gasteiger partial charge is 0.324 e. The van der Waals surface area contributed by atoms with Crippen molar-refractivity contribution >= 4 is 22.7 Å². The van der Waals surface area contributed by atoms with E-state index in [1.807, 2.05) is 6.07 Å². The van der Waals surface area contributed by atoms with Crippen molar-refractivity contribution in [3.05, 3.63) is 69.5 Å². The third kappa shape index (κ3) is 3.81. The number of rotatable bonds is 6. The fourth-order valence-corrected chi connectivity index (χ4v) is 5.29. The minimum absolute atomic E-state index is 0.0352. The Morgan fingerprint density at radius 2 is 1.97 bits per heavy atom. The summed E-state index contributed by atoms with van der Waals surface area (Å²) in [6, 6.07) is 8.98. The lowest BCUT2D eigenvalue weighted by Gasteiger charge is -2.33. The number of nitrogens with one attached hydrogen (secondary N) is 2. The van der Waals surface area contributed by atoms with Gasteiger partial charge >= 0.3 is 0 Å². The molecule has 0 amide bonds. The molecule has 1 aliphatic carbocycles. The summed E-state index contributed by atoms with van der Waals surface area (Å²) in [5, 5.41) is 6.93. The Hall–Kier alpha value is -3.66. The molecule has 4 aromatic rings. The summed E-state index contributed by atoms with van der Waals surface area (Å²) < 4.78 is 31.6. The number of pyridine rings is 1. The van der Waals surface area contributed by atoms with Crippen LogP contribution in [0.25, 0.3) is 16.9 Å². The lowest BCUT2D eigenvalue weighted by atomic mass is 9.79. The molecule has 4 heterocycles. The van der Waals surface area contributed by atoms with Crippen LogP contribution in [0.3, 0.4) is 0 Å². The predicted octanol–water partition coefficient (Wildman–Crippen LogP) is 4.26. The first-order valence-corrected chi connectivity index (χ1v) is 12.6. The molecule has 1 aliphatic heterocycles. The molecule has 0 saturated heterocycles. The minimum Gasteiger partial charge on any atom is -0.324 e. The number of halogens is 2. The van der Waals surface area contributed by atoms with Crippen molar-refractivity contribution < 1.29 is 8.78 Å². The number of aromatic nitrogens is 5. The molecule has 192 valence electrons. The molecule has 8 nitrogen and oxygen atoms in total. The normalized spacial score (nSPS) is 17.5. The van der Waals surface area contributed by atoms with Crippen LogP contribution in [0.15, 0.2) is 41.3 Å². The number of alkyl halides is 1. The van der Waals surface area contributed by atoms with Crippen molar-refractivity contribution in [3.63, 3.8) is 0 Å². The van der Waals surface area contributed by atoms with Crippen LogP contribution in [-0.4, -0.2) is 37.5 Å². The quantitative estimate of drug-likeness (QED) is 0.407. The van der Waals surface area contributed by atoms with Crippen LogP contribution in [0, 0.1) is 5.82 Å². The van der Waals surface area contributed by atoms with E-state index in [-0.39, 0.29) is 40.3 Å². The van der Waals surface area contributed by atoms with Crippen LogP contribution in [0.4, 0.5) is 20.4 Å². The molecular weight excluding hydrogens is 476 g/mol. The minimum atomic E-state index is -0.666. The zero-order valence-corrected chi connectivity index (χ0v) is 21.1. The van der Waals surface area contributed by atoms with E-state index in [0.717, 1.165) is 18.8 Å². The molecule has 0 spiro atoms. The Labute approximate surface area is 212 Å². The summed E-state index contributed by atoms with van der Waals surface area (Å²) in [4.78, 5) is 26.6. The SMILES string of the molecule is CCn1c(=O)c2cnc(Nc3ccc4c(c3)CNCC4(C)C)nc2n1-c1nc(C2(CF)CC2)ccc1F. The maximum Gasteiger partial charge on any atom is 0.278 e. The second-order valence-corrected chi connectivity index (χ2v) is 10.7. The fourth-order valence-electron chi connectivity index (χ4n) is 5.29. The molecule has 1 fully saturated rings. The van der Waals surface area contributed by atoms with E-state index in [4.69, 9.17) is 0 Å². The third-order valence-electron chi connectivity index (χ3n) is 7.63. The fraction of sp³-hybridized carbons (Fsp3) is 0.407. The average molecular weight is 506 g/mol. The van der Waals surface area contributed by atoms with Crippen LogP contribution in [-0.2, 0) is 23.9 Å². The molecule has 1 aromatic carbocycles. The first-order valence-electron chi connectivity index (χ1n) is 12.6. The number of anilines is 2. The number of nitrogens with zero attached hydrogens (tertiary/aromatic N) is 5. The monoisotopic (exact) mass is 505 g/mol. The smallest absolute Gasteiger partial charge is 0.278 e. The van der Waals surface area contributed by atoms with E-state index < -0.39 is 17.9 Å². The van der Waals surface area contributed by atoms with Gasteiger partial charge in [-0.2, -0.15) is 4.98 Å². The van der Waals surface area contributed by atoms with E-state index in [1.165, 1.54) is 38.8 Å². The lowest BCUT2D eigenvalue weighted by molar-refractivity contribution is 0.410. The van der Waals surface area contributed by atoms with Crippen LogP contribution in [0.2, 0.25) is 0 Å². The molecule has 10 heteroatoms. The van der Waals surface area contributed by atoms with Gasteiger partial charge in [-0.05, 0) is 55.2 Å². The van der Waals surface area contributed by atoms with Crippen molar-refractivity contribution in [3.8, 4) is 5.82 Å². The van der Waals surface area contributed by atoms with Crippen molar-refractivity contribution in [2.45, 2.75) is 57.5 Å². The first kappa shape index (κ1) is 23.7. The Morgan fingerprint density at radius 3 is 2.70 bits per heavy atom. The summed E-state index contributed by atoms with van der Waals surface area (Å²) in [5.41, 5.74) is 3.05. The first-order chi connectivity index (χ1) is 17.8. The van der Waals surface area contributed by atoms with E-state index in [1.54, 1.807) is 6.92 Å². The zero-order chi connectivity index (χ0) is 25.9. The average Bonchev–Trinajstić information content (AvgIpc) is 3.63. The van der Waals surface area contributed by atoms with Crippen molar-refractivity contribution in [2.75, 3.05) is 18.5 Å². The second kappa shape index (κ2) is 8.44. The molecule has 0 radical (unpaired) electrons. The molecule has 0 bridgehead atoms. The molecule has 3 aromatic heterocycles. The maximum atomic E-state index is 15.1. The summed E-state index contributed by atoms with van der Waals surface area (Å²) >= 11 is 0. The molecule has 2 N–H and O–H groups in total. The van der Waals surface area contributed by atoms with Gasteiger partial charge in [-0.15, -0.1) is 0 Å². The van der Waals surface area contributed by atoms with E-state index in [0.29, 0.717) is 18.5 Å². The maximum absolute atomic E-state index is 15.1. The van der Waals surface area contributed by atoms with Gasteiger partial charge in [0.1, 0.15) is 12.1 Å². The predicted molar refractivity (Wildman–Crippen MR) is 138 cm³/mol. The summed E-state index contributed by atoms with van der Waals surface area (Å²) in [5.74, 6) is -0.412. The highest BCUT2D eigenvalue weighted by atomic mass is 19.1. The topological polar surface area (TPSA) is 89.7 Å². The van der Waals surface area contributed by atoms with E-state index in [2.05, 4.69) is 51.6 Å². The van der Waals surface area contributed by atoms with Gasteiger partial charge < -0.3 is 10.6 Å². The molecule has 37 heavy (non-hydrogen) atoms. The second-order valence-electron chi connectivity index (χ2n) is 10.7. The number of hydrogen-bond donors (Lipinski definition) is 2. The van der Waals surface area contributed by atoms with Gasteiger partial charge in [-0.25, -0.2) is 23.7 Å². The highest BCUT2D eigenvalue weighted by Gasteiger charge is 2.46. The van der Waals surface area contributed by atoms with Gasteiger partial charge in [0.05, 0.1) is 5.69 Å². The Kier molecular flexibility index (Phi) is 5.41. The summed E-state index contributed by atoms with van der Waals surface area (Å²) in [6.07, 6.45) is 2.78. The Bertz CT molecular complexity index is 1590. The van der Waals surface area contributed by atoms with Crippen LogP contribution < -0.4 is 16.2 Å². The van der Waals surface area contributed by atoms with Crippen molar-refractivity contribution in [1.29, 1.82) is 0 Å². The van der Waals surface area contributed by atoms with E-state index in [9.17, 15) is 9.18 Å². The van der Waals surface area contributed by atoms with Gasteiger partial charge in [0.2, 0.25) is 5.95 Å². The molecule has 0 unspecified atom stereocenters. The lowest BCUT2D eigenvalue weighted by Crippen LogP contribution is -2.38. The van der Waals surface area contributed by atoms with Crippen molar-refractivity contribution in [1.82, 2.24) is 29.6 Å². The molecule has 1 saturated carbocycles. The van der Waals surface area contributed by atoms with Gasteiger partial charge in [-0.3, -0.25) is 9.18 Å². The molecule has 6 rings (SSSR count). The van der Waals surface area contributed by atoms with Crippen LogP contribution >= 0.6 is 0 Å². The highest BCUT2D eigenvalue weighted by molar-refractivity contribution is 5.77. The number of benzene rings is 1.